The molecule has 1 aliphatic heterocycles. The molecule has 106 valence electrons. The third-order valence-electron chi connectivity index (χ3n) is 3.34. The maximum absolute atomic E-state index is 5.36. The lowest BCUT2D eigenvalue weighted by Crippen LogP contribution is -2.34. The molecular formula is C13H17N5O2. The Morgan fingerprint density at radius 2 is 2.20 bits per heavy atom. The first-order chi connectivity index (χ1) is 9.83. The van der Waals surface area contributed by atoms with Gasteiger partial charge in [0.15, 0.2) is 6.29 Å². The molecule has 0 spiro atoms. The largest absolute Gasteiger partial charge is 0.354 e. The molecule has 0 aliphatic carbocycles. The highest BCUT2D eigenvalue weighted by atomic mass is 16.7. The molecule has 7 nitrogen and oxygen atoms in total. The normalized spacial score (nSPS) is 17.9. The average molecular weight is 275 g/mol. The predicted octanol–water partition coefficient (Wildman–Crippen LogP) is 1.32. The topological polar surface area (TPSA) is 74.1 Å². The Morgan fingerprint density at radius 3 is 2.90 bits per heavy atom. The molecule has 0 saturated carbocycles. The van der Waals surface area contributed by atoms with Crippen molar-refractivity contribution in [2.24, 2.45) is 0 Å². The number of hydrogen-bond acceptors (Lipinski definition) is 6. The Balaban J connectivity index is 1.96. The van der Waals surface area contributed by atoms with Crippen LogP contribution in [0.5, 0.6) is 0 Å². The van der Waals surface area contributed by atoms with Crippen LogP contribution >= 0.6 is 0 Å². The SMILES string of the molecule is COC(OC)C1CCNc2nc(-c3ccccn3)nn21. The van der Waals surface area contributed by atoms with E-state index in [1.165, 1.54) is 0 Å². The maximum Gasteiger partial charge on any atom is 0.222 e. The molecule has 3 heterocycles. The van der Waals surface area contributed by atoms with Crippen molar-refractivity contribution in [2.45, 2.75) is 18.8 Å². The maximum atomic E-state index is 5.36. The zero-order valence-corrected chi connectivity index (χ0v) is 11.5. The van der Waals surface area contributed by atoms with E-state index in [4.69, 9.17) is 9.47 Å². The third-order valence-corrected chi connectivity index (χ3v) is 3.34. The number of hydrogen-bond donors (Lipinski definition) is 1. The molecule has 0 fully saturated rings. The second kappa shape index (κ2) is 5.56. The van der Waals surface area contributed by atoms with Gasteiger partial charge in [0, 0.05) is 27.0 Å². The van der Waals surface area contributed by atoms with Crippen LogP contribution in [0.1, 0.15) is 12.5 Å². The Kier molecular flexibility index (Phi) is 3.62. The predicted molar refractivity (Wildman–Crippen MR) is 73.2 cm³/mol. The monoisotopic (exact) mass is 275 g/mol. The van der Waals surface area contributed by atoms with Crippen LogP contribution in [0.15, 0.2) is 24.4 Å². The van der Waals surface area contributed by atoms with E-state index >= 15 is 0 Å². The minimum Gasteiger partial charge on any atom is -0.354 e. The van der Waals surface area contributed by atoms with Gasteiger partial charge in [-0.15, -0.1) is 5.10 Å². The lowest BCUT2D eigenvalue weighted by molar-refractivity contribution is -0.135. The molecule has 20 heavy (non-hydrogen) atoms. The highest BCUT2D eigenvalue weighted by Gasteiger charge is 2.30. The summed E-state index contributed by atoms with van der Waals surface area (Å²) < 4.78 is 12.5. The Bertz CT molecular complexity index is 567. The summed E-state index contributed by atoms with van der Waals surface area (Å²) in [4.78, 5) is 8.76. The van der Waals surface area contributed by atoms with Crippen LogP contribution < -0.4 is 5.32 Å². The molecular weight excluding hydrogens is 258 g/mol. The summed E-state index contributed by atoms with van der Waals surface area (Å²) in [6.07, 6.45) is 2.26. The van der Waals surface area contributed by atoms with Crippen LogP contribution in [-0.4, -0.2) is 46.8 Å². The van der Waals surface area contributed by atoms with E-state index < -0.39 is 0 Å². The van der Waals surface area contributed by atoms with E-state index in [1.54, 1.807) is 20.4 Å². The van der Waals surface area contributed by atoms with Crippen LogP contribution in [0.3, 0.4) is 0 Å². The zero-order chi connectivity index (χ0) is 13.9. The minimum absolute atomic E-state index is 0.00575. The number of aromatic nitrogens is 4. The van der Waals surface area contributed by atoms with Crippen molar-refractivity contribution in [2.75, 3.05) is 26.1 Å². The van der Waals surface area contributed by atoms with Gasteiger partial charge in [-0.2, -0.15) is 4.98 Å². The van der Waals surface area contributed by atoms with Crippen LogP contribution in [0, 0.1) is 0 Å². The molecule has 7 heteroatoms. The number of fused-ring (bicyclic) bond motifs is 1. The lowest BCUT2D eigenvalue weighted by Gasteiger charge is -2.29. The fourth-order valence-corrected chi connectivity index (χ4v) is 2.39. The molecule has 1 N–H and O–H groups in total. The molecule has 1 atom stereocenters. The molecule has 1 unspecified atom stereocenters. The quantitative estimate of drug-likeness (QED) is 0.848. The van der Waals surface area contributed by atoms with Crippen molar-refractivity contribution < 1.29 is 9.47 Å². The van der Waals surface area contributed by atoms with Crippen LogP contribution in [0.25, 0.3) is 11.5 Å². The summed E-state index contributed by atoms with van der Waals surface area (Å²) in [5.74, 6) is 1.33. The third kappa shape index (κ3) is 2.25. The van der Waals surface area contributed by atoms with E-state index in [2.05, 4.69) is 20.4 Å². The molecule has 0 amide bonds. The van der Waals surface area contributed by atoms with Gasteiger partial charge in [0.1, 0.15) is 11.7 Å². The number of anilines is 1. The van der Waals surface area contributed by atoms with Crippen molar-refractivity contribution in [3.63, 3.8) is 0 Å². The first-order valence-corrected chi connectivity index (χ1v) is 6.51. The fourth-order valence-electron chi connectivity index (χ4n) is 2.39. The van der Waals surface area contributed by atoms with Gasteiger partial charge in [-0.25, -0.2) is 4.68 Å². The van der Waals surface area contributed by atoms with Crippen molar-refractivity contribution in [3.8, 4) is 11.5 Å². The Hall–Kier alpha value is -1.99. The smallest absolute Gasteiger partial charge is 0.222 e. The van der Waals surface area contributed by atoms with E-state index in [9.17, 15) is 0 Å². The fraction of sp³-hybridized carbons (Fsp3) is 0.462. The summed E-state index contributed by atoms with van der Waals surface area (Å²) >= 11 is 0. The van der Waals surface area contributed by atoms with Gasteiger partial charge in [0.25, 0.3) is 0 Å². The molecule has 0 bridgehead atoms. The molecule has 1 aliphatic rings. The molecule has 0 radical (unpaired) electrons. The number of pyridine rings is 1. The Labute approximate surface area is 116 Å². The summed E-state index contributed by atoms with van der Waals surface area (Å²) in [5, 5.41) is 7.78. The second-order valence-corrected chi connectivity index (χ2v) is 4.54. The zero-order valence-electron chi connectivity index (χ0n) is 11.5. The lowest BCUT2D eigenvalue weighted by atomic mass is 10.2. The average Bonchev–Trinajstić information content (AvgIpc) is 2.94. The standard InChI is InChI=1S/C13H17N5O2/c1-19-12(20-2)10-6-8-15-13-16-11(17-18(10)13)9-5-3-4-7-14-9/h3-5,7,10,12H,6,8H2,1-2H3,(H,15,16,17). The Morgan fingerprint density at radius 1 is 1.35 bits per heavy atom. The molecule has 3 rings (SSSR count). The van der Waals surface area contributed by atoms with Crippen molar-refractivity contribution in [1.82, 2.24) is 19.7 Å². The second-order valence-electron chi connectivity index (χ2n) is 4.54. The van der Waals surface area contributed by atoms with Gasteiger partial charge in [-0.1, -0.05) is 6.07 Å². The molecule has 2 aromatic rings. The summed E-state index contributed by atoms with van der Waals surface area (Å²) in [7, 11) is 3.26. The number of nitrogens with one attached hydrogen (secondary N) is 1. The van der Waals surface area contributed by atoms with Crippen molar-refractivity contribution in [3.05, 3.63) is 24.4 Å². The first kappa shape index (κ1) is 13.0. The van der Waals surface area contributed by atoms with Gasteiger partial charge < -0.3 is 14.8 Å². The molecule has 2 aromatic heterocycles. The number of methoxy groups -OCH3 is 2. The highest BCUT2D eigenvalue weighted by Crippen LogP contribution is 2.28. The van der Waals surface area contributed by atoms with E-state index in [1.807, 2.05) is 22.9 Å². The van der Waals surface area contributed by atoms with Gasteiger partial charge in [-0.3, -0.25) is 4.98 Å². The van der Waals surface area contributed by atoms with Crippen molar-refractivity contribution in [1.29, 1.82) is 0 Å². The van der Waals surface area contributed by atoms with Crippen LogP contribution in [0.2, 0.25) is 0 Å². The minimum atomic E-state index is -0.339. The van der Waals surface area contributed by atoms with Crippen LogP contribution in [-0.2, 0) is 9.47 Å². The van der Waals surface area contributed by atoms with E-state index in [0.29, 0.717) is 5.82 Å². The van der Waals surface area contributed by atoms with Gasteiger partial charge >= 0.3 is 0 Å². The van der Waals surface area contributed by atoms with Gasteiger partial charge in [-0.05, 0) is 18.6 Å². The molecule has 0 aromatic carbocycles. The number of nitrogens with zero attached hydrogens (tertiary/aromatic N) is 4. The highest BCUT2D eigenvalue weighted by molar-refractivity contribution is 5.51. The summed E-state index contributed by atoms with van der Waals surface area (Å²) in [6, 6.07) is 5.68. The van der Waals surface area contributed by atoms with Crippen LogP contribution in [0.4, 0.5) is 5.95 Å². The van der Waals surface area contributed by atoms with Gasteiger partial charge in [0.05, 0.1) is 0 Å². The van der Waals surface area contributed by atoms with E-state index in [0.717, 1.165) is 24.6 Å². The summed E-state index contributed by atoms with van der Waals surface area (Å²) in [6.45, 7) is 0.814. The number of ether oxygens (including phenoxy) is 2. The molecule has 0 saturated heterocycles. The van der Waals surface area contributed by atoms with E-state index in [-0.39, 0.29) is 12.3 Å². The number of rotatable bonds is 4. The first-order valence-electron chi connectivity index (χ1n) is 6.51. The summed E-state index contributed by atoms with van der Waals surface area (Å²) in [5.41, 5.74) is 0.751. The van der Waals surface area contributed by atoms with Crippen molar-refractivity contribution >= 4 is 5.95 Å². The van der Waals surface area contributed by atoms with Gasteiger partial charge in [0.2, 0.25) is 11.8 Å².